The molecule has 1 unspecified atom stereocenters. The smallest absolute Gasteiger partial charge is 0.253 e. The van der Waals surface area contributed by atoms with E-state index in [9.17, 15) is 14.0 Å². The molecule has 3 aromatic rings. The first-order valence-electron chi connectivity index (χ1n) is 10.7. The second-order valence-electron chi connectivity index (χ2n) is 8.36. The van der Waals surface area contributed by atoms with Crippen LogP contribution in [0.1, 0.15) is 28.0 Å². The molecule has 2 amide bonds. The Kier molecular flexibility index (Phi) is 6.93. The number of amides is 2. The van der Waals surface area contributed by atoms with Crippen LogP contribution in [0.4, 0.5) is 4.39 Å². The van der Waals surface area contributed by atoms with Gasteiger partial charge in [-0.15, -0.1) is 0 Å². The van der Waals surface area contributed by atoms with Crippen molar-refractivity contribution in [3.05, 3.63) is 69.1 Å². The molecule has 0 bridgehead atoms. The number of nitrogens with zero attached hydrogens (tertiary/aromatic N) is 2. The van der Waals surface area contributed by atoms with Crippen LogP contribution in [0.3, 0.4) is 0 Å². The van der Waals surface area contributed by atoms with Gasteiger partial charge in [-0.05, 0) is 49.0 Å². The van der Waals surface area contributed by atoms with Gasteiger partial charge in [0.05, 0.1) is 16.6 Å². The van der Waals surface area contributed by atoms with E-state index in [2.05, 4.69) is 27.1 Å². The third-order valence-corrected chi connectivity index (χ3v) is 6.58. The summed E-state index contributed by atoms with van der Waals surface area (Å²) in [6.45, 7) is 2.11. The molecule has 1 aliphatic rings. The van der Waals surface area contributed by atoms with Crippen LogP contribution in [0.2, 0.25) is 10.0 Å². The minimum Gasteiger partial charge on any atom is -0.359 e. The first kappa shape index (κ1) is 23.5. The second kappa shape index (κ2) is 9.71. The molecule has 2 heterocycles. The summed E-state index contributed by atoms with van der Waals surface area (Å²) in [6, 6.07) is 8.91. The third kappa shape index (κ3) is 5.00. The number of rotatable bonds is 6. The number of fused-ring (bicyclic) bond motifs is 3. The van der Waals surface area contributed by atoms with Crippen LogP contribution in [0, 0.1) is 5.82 Å². The van der Waals surface area contributed by atoms with Crippen molar-refractivity contribution in [1.29, 1.82) is 0 Å². The lowest BCUT2D eigenvalue weighted by Crippen LogP contribution is -2.42. The molecule has 0 saturated heterocycles. The highest BCUT2D eigenvalue weighted by molar-refractivity contribution is 6.33. The summed E-state index contributed by atoms with van der Waals surface area (Å²) in [4.78, 5) is 27.4. The van der Waals surface area contributed by atoms with Crippen LogP contribution in [0.15, 0.2) is 36.4 Å². The van der Waals surface area contributed by atoms with Crippen molar-refractivity contribution in [2.45, 2.75) is 32.0 Å². The molecule has 0 radical (unpaired) electrons. The third-order valence-electron chi connectivity index (χ3n) is 6.03. The number of hydrogen-bond acceptors (Lipinski definition) is 3. The molecule has 1 atom stereocenters. The van der Waals surface area contributed by atoms with E-state index in [-0.39, 0.29) is 22.9 Å². The van der Waals surface area contributed by atoms with Gasteiger partial charge in [0, 0.05) is 61.1 Å². The van der Waals surface area contributed by atoms with E-state index in [1.807, 2.05) is 18.2 Å². The van der Waals surface area contributed by atoms with Crippen molar-refractivity contribution in [3.8, 4) is 0 Å². The molecule has 0 spiro atoms. The van der Waals surface area contributed by atoms with Gasteiger partial charge in [-0.2, -0.15) is 0 Å². The maximum Gasteiger partial charge on any atom is 0.253 e. The van der Waals surface area contributed by atoms with Gasteiger partial charge in [-0.25, -0.2) is 4.39 Å². The molecule has 4 rings (SSSR count). The standard InChI is InChI=1S/C24H25Cl2FN4O2/c1-28-23(32)11-16(29-24(33)17-5-4-15(27)10-20(17)26)12-31-21-6-3-14(25)9-18(21)19-13-30(2)8-7-22(19)31/h3-6,9-10,16H,7-8,11-13H2,1-2H3,(H,28,32)(H,29,33). The lowest BCUT2D eigenvalue weighted by Gasteiger charge is -2.26. The van der Waals surface area contributed by atoms with Gasteiger partial charge in [0.1, 0.15) is 5.82 Å². The van der Waals surface area contributed by atoms with Crippen molar-refractivity contribution in [2.24, 2.45) is 0 Å². The Hall–Kier alpha value is -2.61. The van der Waals surface area contributed by atoms with Gasteiger partial charge in [-0.3, -0.25) is 9.59 Å². The van der Waals surface area contributed by atoms with E-state index in [1.165, 1.54) is 23.4 Å². The number of hydrogen-bond donors (Lipinski definition) is 2. The van der Waals surface area contributed by atoms with Crippen molar-refractivity contribution in [2.75, 3.05) is 20.6 Å². The molecule has 0 fully saturated rings. The highest BCUT2D eigenvalue weighted by atomic mass is 35.5. The number of benzene rings is 2. The highest BCUT2D eigenvalue weighted by Crippen LogP contribution is 2.33. The Labute approximate surface area is 201 Å². The van der Waals surface area contributed by atoms with Crippen LogP contribution in [0.25, 0.3) is 10.9 Å². The molecular formula is C24H25Cl2FN4O2. The number of aromatic nitrogens is 1. The van der Waals surface area contributed by atoms with E-state index in [1.54, 1.807) is 7.05 Å². The van der Waals surface area contributed by atoms with Crippen LogP contribution >= 0.6 is 23.2 Å². The summed E-state index contributed by atoms with van der Waals surface area (Å²) >= 11 is 12.4. The van der Waals surface area contributed by atoms with E-state index < -0.39 is 17.8 Å². The summed E-state index contributed by atoms with van der Waals surface area (Å²) in [5.74, 6) is -1.17. The SMILES string of the molecule is CNC(=O)CC(Cn1c2c(c3cc(Cl)ccc31)CN(C)CC2)NC(=O)c1ccc(F)cc1Cl. The Balaban J connectivity index is 1.69. The molecule has 0 saturated carbocycles. The Bertz CT molecular complexity index is 1230. The number of carbonyl (C=O) groups is 2. The fraction of sp³-hybridized carbons (Fsp3) is 0.333. The Morgan fingerprint density at radius 2 is 1.97 bits per heavy atom. The first-order chi connectivity index (χ1) is 15.8. The Morgan fingerprint density at radius 1 is 1.18 bits per heavy atom. The predicted molar refractivity (Wildman–Crippen MR) is 128 cm³/mol. The normalized spacial score (nSPS) is 14.7. The molecule has 9 heteroatoms. The molecule has 6 nitrogen and oxygen atoms in total. The fourth-order valence-corrected chi connectivity index (χ4v) is 4.84. The number of nitrogens with one attached hydrogen (secondary N) is 2. The minimum absolute atomic E-state index is 0.0210. The first-order valence-corrected chi connectivity index (χ1v) is 11.5. The average molecular weight is 491 g/mol. The van der Waals surface area contributed by atoms with E-state index in [0.717, 1.165) is 36.5 Å². The van der Waals surface area contributed by atoms with E-state index in [0.29, 0.717) is 11.6 Å². The maximum atomic E-state index is 13.4. The quantitative estimate of drug-likeness (QED) is 0.548. The van der Waals surface area contributed by atoms with Gasteiger partial charge in [-0.1, -0.05) is 23.2 Å². The number of halogens is 3. The molecule has 174 valence electrons. The highest BCUT2D eigenvalue weighted by Gasteiger charge is 2.26. The summed E-state index contributed by atoms with van der Waals surface area (Å²) in [6.07, 6.45) is 0.936. The van der Waals surface area contributed by atoms with Crippen LogP contribution in [0.5, 0.6) is 0 Å². The monoisotopic (exact) mass is 490 g/mol. The molecule has 2 aromatic carbocycles. The van der Waals surface area contributed by atoms with Gasteiger partial charge in [0.25, 0.3) is 5.91 Å². The maximum absolute atomic E-state index is 13.4. The zero-order valence-electron chi connectivity index (χ0n) is 18.4. The zero-order chi connectivity index (χ0) is 23.7. The van der Waals surface area contributed by atoms with Crippen molar-refractivity contribution in [1.82, 2.24) is 20.1 Å². The van der Waals surface area contributed by atoms with E-state index >= 15 is 0 Å². The lowest BCUT2D eigenvalue weighted by molar-refractivity contribution is -0.121. The van der Waals surface area contributed by atoms with E-state index in [4.69, 9.17) is 23.2 Å². The van der Waals surface area contributed by atoms with Crippen LogP contribution < -0.4 is 10.6 Å². The Morgan fingerprint density at radius 3 is 2.70 bits per heavy atom. The summed E-state index contributed by atoms with van der Waals surface area (Å²) in [7, 11) is 3.64. The summed E-state index contributed by atoms with van der Waals surface area (Å²) in [5, 5.41) is 7.31. The summed E-state index contributed by atoms with van der Waals surface area (Å²) in [5.41, 5.74) is 3.57. The summed E-state index contributed by atoms with van der Waals surface area (Å²) < 4.78 is 15.6. The van der Waals surface area contributed by atoms with Crippen LogP contribution in [-0.2, 0) is 24.3 Å². The van der Waals surface area contributed by atoms with Crippen molar-refractivity contribution >= 4 is 45.9 Å². The number of likely N-dealkylation sites (N-methyl/N-ethyl adjacent to an activating group) is 1. The van der Waals surface area contributed by atoms with Gasteiger partial charge < -0.3 is 20.1 Å². The van der Waals surface area contributed by atoms with Crippen molar-refractivity contribution in [3.63, 3.8) is 0 Å². The molecule has 0 aliphatic carbocycles. The molecule has 1 aromatic heterocycles. The second-order valence-corrected chi connectivity index (χ2v) is 9.20. The molecule has 1 aliphatic heterocycles. The van der Waals surface area contributed by atoms with Gasteiger partial charge in [0.2, 0.25) is 5.91 Å². The number of carbonyl (C=O) groups excluding carboxylic acids is 2. The van der Waals surface area contributed by atoms with Crippen molar-refractivity contribution < 1.29 is 14.0 Å². The molecule has 2 N–H and O–H groups in total. The zero-order valence-corrected chi connectivity index (χ0v) is 19.9. The largest absolute Gasteiger partial charge is 0.359 e. The van der Waals surface area contributed by atoms with Gasteiger partial charge >= 0.3 is 0 Å². The molecular weight excluding hydrogens is 466 g/mol. The topological polar surface area (TPSA) is 66.4 Å². The molecule has 33 heavy (non-hydrogen) atoms. The predicted octanol–water partition coefficient (Wildman–Crippen LogP) is 4.01. The lowest BCUT2D eigenvalue weighted by atomic mass is 10.0. The minimum atomic E-state index is -0.521. The average Bonchev–Trinajstić information content (AvgIpc) is 3.05. The van der Waals surface area contributed by atoms with Crippen LogP contribution in [-0.4, -0.2) is 48.0 Å². The fourth-order valence-electron chi connectivity index (χ4n) is 4.41. The van der Waals surface area contributed by atoms with Gasteiger partial charge in [0.15, 0.2) is 0 Å².